The van der Waals surface area contributed by atoms with Gasteiger partial charge in [0.05, 0.1) is 12.3 Å². The van der Waals surface area contributed by atoms with Crippen LogP contribution in [0.5, 0.6) is 11.5 Å². The highest BCUT2D eigenvalue weighted by Gasteiger charge is 2.24. The summed E-state index contributed by atoms with van der Waals surface area (Å²) in [6, 6.07) is 15.6. The van der Waals surface area contributed by atoms with Crippen molar-refractivity contribution >= 4 is 17.7 Å². The van der Waals surface area contributed by atoms with E-state index in [9.17, 15) is 4.79 Å². The zero-order valence-corrected chi connectivity index (χ0v) is 19.5. The van der Waals surface area contributed by atoms with Gasteiger partial charge < -0.3 is 18.8 Å². The molecule has 0 fully saturated rings. The Labute approximate surface area is 192 Å². The molecule has 7 nitrogen and oxygen atoms in total. The Balaban J connectivity index is 1.28. The van der Waals surface area contributed by atoms with Crippen molar-refractivity contribution in [1.82, 2.24) is 15.1 Å². The van der Waals surface area contributed by atoms with Crippen molar-refractivity contribution in [1.29, 1.82) is 0 Å². The summed E-state index contributed by atoms with van der Waals surface area (Å²) in [5, 5.41) is 8.55. The second kappa shape index (κ2) is 9.24. The van der Waals surface area contributed by atoms with E-state index in [1.165, 1.54) is 17.3 Å². The standard InChI is InChI=1S/C24H27N3O4S/c1-24(2,3)17-11-9-16(10-12-17)22-25-26-23(31-22)32-15-21(28)27(4)13-18-14-29-19-7-5-6-8-20(19)30-18/h5-12,18H,13-15H2,1-4H3. The molecule has 1 amide bonds. The molecule has 4 rings (SSSR count). The van der Waals surface area contributed by atoms with Crippen LogP contribution in [0.4, 0.5) is 0 Å². The van der Waals surface area contributed by atoms with Crippen LogP contribution in [0.3, 0.4) is 0 Å². The van der Waals surface area contributed by atoms with Crippen molar-refractivity contribution in [3.63, 3.8) is 0 Å². The van der Waals surface area contributed by atoms with Crippen molar-refractivity contribution in [3.05, 3.63) is 54.1 Å². The summed E-state index contributed by atoms with van der Waals surface area (Å²) in [6.07, 6.45) is -0.213. The highest BCUT2D eigenvalue weighted by molar-refractivity contribution is 7.99. The van der Waals surface area contributed by atoms with Gasteiger partial charge in [-0.05, 0) is 35.2 Å². The molecule has 32 heavy (non-hydrogen) atoms. The van der Waals surface area contributed by atoms with Gasteiger partial charge in [0, 0.05) is 12.6 Å². The number of thioether (sulfide) groups is 1. The number of hydrogen-bond donors (Lipinski definition) is 0. The summed E-state index contributed by atoms with van der Waals surface area (Å²) < 4.78 is 17.4. The van der Waals surface area contributed by atoms with E-state index in [1.807, 2.05) is 36.4 Å². The summed E-state index contributed by atoms with van der Waals surface area (Å²) >= 11 is 1.23. The molecule has 0 bridgehead atoms. The fourth-order valence-corrected chi connectivity index (χ4v) is 4.00. The highest BCUT2D eigenvalue weighted by atomic mass is 32.2. The zero-order chi connectivity index (χ0) is 22.7. The van der Waals surface area contributed by atoms with E-state index in [4.69, 9.17) is 13.9 Å². The largest absolute Gasteiger partial charge is 0.486 e. The molecular formula is C24H27N3O4S. The lowest BCUT2D eigenvalue weighted by molar-refractivity contribution is -0.128. The van der Waals surface area contributed by atoms with Gasteiger partial charge in [0.15, 0.2) is 17.6 Å². The minimum Gasteiger partial charge on any atom is -0.486 e. The monoisotopic (exact) mass is 453 g/mol. The third-order valence-electron chi connectivity index (χ3n) is 5.19. The molecule has 2 aromatic carbocycles. The summed E-state index contributed by atoms with van der Waals surface area (Å²) in [6.45, 7) is 7.35. The number of hydrogen-bond acceptors (Lipinski definition) is 7. The number of carbonyl (C=O) groups excluding carboxylic acids is 1. The first kappa shape index (κ1) is 22.2. The van der Waals surface area contributed by atoms with Gasteiger partial charge in [0.25, 0.3) is 5.22 Å². The van der Waals surface area contributed by atoms with Crippen molar-refractivity contribution in [2.45, 2.75) is 37.5 Å². The average molecular weight is 454 g/mol. The fourth-order valence-electron chi connectivity index (χ4n) is 3.29. The van der Waals surface area contributed by atoms with Crippen LogP contribution in [0.25, 0.3) is 11.5 Å². The first-order valence-corrected chi connectivity index (χ1v) is 11.5. The van der Waals surface area contributed by atoms with Gasteiger partial charge in [-0.2, -0.15) is 0 Å². The minimum atomic E-state index is -0.213. The predicted molar refractivity (Wildman–Crippen MR) is 123 cm³/mol. The predicted octanol–water partition coefficient (Wildman–Crippen LogP) is 4.42. The van der Waals surface area contributed by atoms with Gasteiger partial charge in [-0.1, -0.05) is 56.8 Å². The zero-order valence-electron chi connectivity index (χ0n) is 18.7. The van der Waals surface area contributed by atoms with Crippen LogP contribution in [0.15, 0.2) is 58.2 Å². The van der Waals surface area contributed by atoms with Crippen molar-refractivity contribution in [2.75, 3.05) is 26.0 Å². The molecule has 2 heterocycles. The molecular weight excluding hydrogens is 426 g/mol. The van der Waals surface area contributed by atoms with Gasteiger partial charge in [-0.3, -0.25) is 4.79 Å². The van der Waals surface area contributed by atoms with Gasteiger partial charge >= 0.3 is 0 Å². The maximum Gasteiger partial charge on any atom is 0.277 e. The van der Waals surface area contributed by atoms with E-state index in [2.05, 4.69) is 43.1 Å². The van der Waals surface area contributed by atoms with Crippen LogP contribution in [0.1, 0.15) is 26.3 Å². The molecule has 0 spiro atoms. The van der Waals surface area contributed by atoms with Gasteiger partial charge in [0.2, 0.25) is 11.8 Å². The normalized spacial score (nSPS) is 15.4. The fraction of sp³-hybridized carbons (Fsp3) is 0.375. The molecule has 0 saturated heterocycles. The first-order chi connectivity index (χ1) is 15.3. The third-order valence-corrected chi connectivity index (χ3v) is 6.00. The van der Waals surface area contributed by atoms with E-state index in [-0.39, 0.29) is 23.2 Å². The number of aromatic nitrogens is 2. The van der Waals surface area contributed by atoms with Crippen LogP contribution >= 0.6 is 11.8 Å². The first-order valence-electron chi connectivity index (χ1n) is 10.5. The number of nitrogens with zero attached hydrogens (tertiary/aromatic N) is 3. The Kier molecular flexibility index (Phi) is 6.41. The van der Waals surface area contributed by atoms with Crippen LogP contribution in [-0.4, -0.2) is 53.1 Å². The SMILES string of the molecule is CN(CC1COc2ccccc2O1)C(=O)CSc1nnc(-c2ccc(C(C)(C)C)cc2)o1. The van der Waals surface area contributed by atoms with Crippen LogP contribution in [-0.2, 0) is 10.2 Å². The third kappa shape index (κ3) is 5.24. The van der Waals surface area contributed by atoms with Gasteiger partial charge in [0.1, 0.15) is 6.61 Å². The molecule has 1 aliphatic rings. The molecule has 1 aliphatic heterocycles. The van der Waals surface area contributed by atoms with Crippen molar-refractivity contribution < 1.29 is 18.7 Å². The second-order valence-electron chi connectivity index (χ2n) is 8.76. The Morgan fingerprint density at radius 1 is 1.09 bits per heavy atom. The summed E-state index contributed by atoms with van der Waals surface area (Å²) in [5.74, 6) is 2.03. The number of fused-ring (bicyclic) bond motifs is 1. The number of amides is 1. The average Bonchev–Trinajstić information content (AvgIpc) is 3.26. The van der Waals surface area contributed by atoms with E-state index in [0.29, 0.717) is 30.0 Å². The Bertz CT molecular complexity index is 1080. The van der Waals surface area contributed by atoms with Crippen molar-refractivity contribution in [3.8, 4) is 23.0 Å². The Hall–Kier alpha value is -3.00. The number of rotatable bonds is 6. The molecule has 0 saturated carbocycles. The number of para-hydroxylation sites is 2. The number of ether oxygens (including phenoxy) is 2. The smallest absolute Gasteiger partial charge is 0.277 e. The second-order valence-corrected chi connectivity index (χ2v) is 9.69. The van der Waals surface area contributed by atoms with E-state index in [0.717, 1.165) is 11.3 Å². The molecule has 1 atom stereocenters. The number of likely N-dealkylation sites (N-methyl/N-ethyl adjacent to an activating group) is 1. The van der Waals surface area contributed by atoms with Crippen molar-refractivity contribution in [2.24, 2.45) is 0 Å². The molecule has 1 aromatic heterocycles. The molecule has 1 unspecified atom stereocenters. The summed E-state index contributed by atoms with van der Waals surface area (Å²) in [4.78, 5) is 14.2. The lowest BCUT2D eigenvalue weighted by atomic mass is 9.87. The van der Waals surface area contributed by atoms with Crippen LogP contribution in [0.2, 0.25) is 0 Å². The van der Waals surface area contributed by atoms with Crippen LogP contribution in [0, 0.1) is 0 Å². The maximum absolute atomic E-state index is 12.6. The lowest BCUT2D eigenvalue weighted by Crippen LogP contribution is -2.42. The minimum absolute atomic E-state index is 0.0493. The molecule has 8 heteroatoms. The summed E-state index contributed by atoms with van der Waals surface area (Å²) in [7, 11) is 1.75. The quantitative estimate of drug-likeness (QED) is 0.511. The van der Waals surface area contributed by atoms with Gasteiger partial charge in [-0.25, -0.2) is 0 Å². The number of benzene rings is 2. The van der Waals surface area contributed by atoms with E-state index < -0.39 is 0 Å². The molecule has 0 radical (unpaired) electrons. The van der Waals surface area contributed by atoms with Crippen LogP contribution < -0.4 is 9.47 Å². The maximum atomic E-state index is 12.6. The summed E-state index contributed by atoms with van der Waals surface area (Å²) in [5.41, 5.74) is 2.18. The van der Waals surface area contributed by atoms with E-state index >= 15 is 0 Å². The molecule has 168 valence electrons. The van der Waals surface area contributed by atoms with Gasteiger partial charge in [-0.15, -0.1) is 10.2 Å². The number of carbonyl (C=O) groups is 1. The topological polar surface area (TPSA) is 77.7 Å². The Morgan fingerprint density at radius 3 is 2.53 bits per heavy atom. The highest BCUT2D eigenvalue weighted by Crippen LogP contribution is 2.31. The Morgan fingerprint density at radius 2 is 1.81 bits per heavy atom. The molecule has 0 N–H and O–H groups in total. The molecule has 0 aliphatic carbocycles. The molecule has 3 aromatic rings. The van der Waals surface area contributed by atoms with E-state index in [1.54, 1.807) is 11.9 Å². The lowest BCUT2D eigenvalue weighted by Gasteiger charge is -2.29.